The van der Waals surface area contributed by atoms with E-state index in [1.165, 1.54) is 4.90 Å². The van der Waals surface area contributed by atoms with Crippen LogP contribution in [-0.4, -0.2) is 96.0 Å². The summed E-state index contributed by atoms with van der Waals surface area (Å²) < 4.78 is 8.69. The molecule has 0 aliphatic carbocycles. The van der Waals surface area contributed by atoms with Crippen LogP contribution in [0.3, 0.4) is 0 Å². The summed E-state index contributed by atoms with van der Waals surface area (Å²) in [5.74, 6) is -2.52. The Kier molecular flexibility index (Phi) is 9.04. The number of benzene rings is 2. The van der Waals surface area contributed by atoms with Crippen molar-refractivity contribution in [2.75, 3.05) is 26.2 Å². The zero-order chi connectivity index (χ0) is 33.3. The van der Waals surface area contributed by atoms with E-state index < -0.39 is 41.7 Å². The van der Waals surface area contributed by atoms with Gasteiger partial charge >= 0.3 is 0 Å². The van der Waals surface area contributed by atoms with E-state index in [1.54, 1.807) is 26.6 Å². The van der Waals surface area contributed by atoms with Crippen molar-refractivity contribution in [3.63, 3.8) is 0 Å². The SMILES string of the molecule is C=CCN(Cn1nnc2ccccc21)C(=O)C1N([C@H](CO)c2ccccc2)C(=O)[C@@H]2[C@H](C(=O)N(CC=C)CCC)[C@]3(CC)CCC12O3. The Morgan fingerprint density at radius 3 is 2.43 bits per heavy atom. The lowest BCUT2D eigenvalue weighted by Gasteiger charge is -2.39. The normalized spacial score (nSPS) is 26.7. The molecule has 2 aromatic carbocycles. The molecule has 3 fully saturated rings. The van der Waals surface area contributed by atoms with Crippen molar-refractivity contribution in [1.29, 1.82) is 0 Å². The molecule has 2 bridgehead atoms. The van der Waals surface area contributed by atoms with E-state index in [2.05, 4.69) is 23.5 Å². The molecule has 3 aliphatic heterocycles. The molecule has 3 amide bonds. The molecular weight excluding hydrogens is 596 g/mol. The van der Waals surface area contributed by atoms with Crippen LogP contribution in [0.15, 0.2) is 79.9 Å². The largest absolute Gasteiger partial charge is 0.394 e. The fourth-order valence-electron chi connectivity index (χ4n) is 8.32. The molecule has 3 aliphatic rings. The number of carbonyl (C=O) groups excluding carboxylic acids is 3. The van der Waals surface area contributed by atoms with E-state index in [1.807, 2.05) is 68.4 Å². The predicted octanol–water partition coefficient (Wildman–Crippen LogP) is 3.72. The van der Waals surface area contributed by atoms with Gasteiger partial charge in [-0.1, -0.05) is 73.7 Å². The Hall–Kier alpha value is -4.35. The molecular formula is C36H44N6O5. The zero-order valence-corrected chi connectivity index (χ0v) is 27.2. The summed E-state index contributed by atoms with van der Waals surface area (Å²) in [5.41, 5.74) is -0.00416. The zero-order valence-electron chi connectivity index (χ0n) is 27.2. The van der Waals surface area contributed by atoms with Gasteiger partial charge in [-0.15, -0.1) is 18.3 Å². The number of para-hydroxylation sites is 1. The topological polar surface area (TPSA) is 121 Å². The van der Waals surface area contributed by atoms with Crippen molar-refractivity contribution in [1.82, 2.24) is 29.7 Å². The third-order valence-corrected chi connectivity index (χ3v) is 10.4. The van der Waals surface area contributed by atoms with Crippen LogP contribution in [-0.2, 0) is 25.8 Å². The first kappa shape index (κ1) is 32.6. The van der Waals surface area contributed by atoms with Gasteiger partial charge in [0.25, 0.3) is 0 Å². The van der Waals surface area contributed by atoms with E-state index in [0.717, 1.165) is 11.9 Å². The third-order valence-electron chi connectivity index (χ3n) is 10.4. The van der Waals surface area contributed by atoms with Gasteiger partial charge in [-0.3, -0.25) is 14.4 Å². The molecule has 6 rings (SSSR count). The number of amides is 3. The Morgan fingerprint density at radius 1 is 1.04 bits per heavy atom. The number of nitrogens with zero attached hydrogens (tertiary/aromatic N) is 6. The molecule has 11 heteroatoms. The maximum Gasteiger partial charge on any atom is 0.250 e. The van der Waals surface area contributed by atoms with Crippen LogP contribution >= 0.6 is 0 Å². The lowest BCUT2D eigenvalue weighted by molar-refractivity contribution is -0.159. The van der Waals surface area contributed by atoms with Crippen molar-refractivity contribution < 1.29 is 24.2 Å². The quantitative estimate of drug-likeness (QED) is 0.267. The van der Waals surface area contributed by atoms with Gasteiger partial charge in [-0.05, 0) is 43.4 Å². The summed E-state index contributed by atoms with van der Waals surface area (Å²) in [6.07, 6.45) is 5.58. The van der Waals surface area contributed by atoms with Gasteiger partial charge in [-0.25, -0.2) is 4.68 Å². The van der Waals surface area contributed by atoms with Crippen LogP contribution in [0.5, 0.6) is 0 Å². The van der Waals surface area contributed by atoms with Gasteiger partial charge in [-0.2, -0.15) is 0 Å². The van der Waals surface area contributed by atoms with Crippen LogP contribution in [0.2, 0.25) is 0 Å². The Bertz CT molecular complexity index is 1660. The minimum Gasteiger partial charge on any atom is -0.394 e. The number of ether oxygens (including phenoxy) is 1. The number of aliphatic hydroxyl groups excluding tert-OH is 1. The van der Waals surface area contributed by atoms with Gasteiger partial charge in [0, 0.05) is 19.6 Å². The van der Waals surface area contributed by atoms with Crippen molar-refractivity contribution in [2.24, 2.45) is 11.8 Å². The monoisotopic (exact) mass is 640 g/mol. The number of aromatic nitrogens is 3. The standard InChI is InChI=1S/C36H44N6O5/c1-5-20-39(21-6-2)32(44)29-30-33(45)42(28(23-43)25-14-10-9-11-15-25)31(36(30)19-18-35(29,8-4)47-36)34(46)40(22-7-3)24-41-27-17-13-12-16-26(27)37-38-41/h5,7,9-17,28-31,43H,1,3,6,8,18-24H2,2,4H3/t28-,29-,30+,31?,35+,36?/m1/s1. The van der Waals surface area contributed by atoms with Gasteiger partial charge in [0.2, 0.25) is 17.7 Å². The molecule has 2 unspecified atom stereocenters. The number of carbonyl (C=O) groups is 3. The first-order valence-electron chi connectivity index (χ1n) is 16.6. The maximum absolute atomic E-state index is 15.1. The van der Waals surface area contributed by atoms with Crippen LogP contribution in [0.4, 0.5) is 0 Å². The van der Waals surface area contributed by atoms with Crippen LogP contribution in [0, 0.1) is 11.8 Å². The molecule has 0 radical (unpaired) electrons. The highest BCUT2D eigenvalue weighted by Crippen LogP contribution is 2.65. The Labute approximate surface area is 275 Å². The average Bonchev–Trinajstić information content (AvgIpc) is 3.82. The minimum absolute atomic E-state index is 0.0602. The lowest BCUT2D eigenvalue weighted by Crippen LogP contribution is -2.57. The summed E-state index contributed by atoms with van der Waals surface area (Å²) in [7, 11) is 0. The number of likely N-dealkylation sites (tertiary alicyclic amines) is 1. The molecule has 47 heavy (non-hydrogen) atoms. The minimum atomic E-state index is -1.26. The molecule has 3 saturated heterocycles. The van der Waals surface area contributed by atoms with Crippen LogP contribution in [0.25, 0.3) is 11.0 Å². The second kappa shape index (κ2) is 13.0. The smallest absolute Gasteiger partial charge is 0.250 e. The van der Waals surface area contributed by atoms with Crippen molar-refractivity contribution >= 4 is 28.8 Å². The van der Waals surface area contributed by atoms with Gasteiger partial charge in [0.1, 0.15) is 23.8 Å². The fraction of sp³-hybridized carbons (Fsp3) is 0.472. The average molecular weight is 641 g/mol. The number of aliphatic hydroxyl groups is 1. The number of hydrogen-bond donors (Lipinski definition) is 1. The second-order valence-corrected chi connectivity index (χ2v) is 12.8. The number of rotatable bonds is 14. The van der Waals surface area contributed by atoms with E-state index in [9.17, 15) is 14.7 Å². The molecule has 6 atom stereocenters. The van der Waals surface area contributed by atoms with Gasteiger partial charge in [0.15, 0.2) is 0 Å². The predicted molar refractivity (Wildman–Crippen MR) is 176 cm³/mol. The summed E-state index contributed by atoms with van der Waals surface area (Å²) in [5, 5.41) is 19.4. The third kappa shape index (κ3) is 5.16. The highest BCUT2D eigenvalue weighted by atomic mass is 16.5. The van der Waals surface area contributed by atoms with Crippen molar-refractivity contribution in [3.05, 3.63) is 85.5 Å². The summed E-state index contributed by atoms with van der Waals surface area (Å²) in [6, 6.07) is 14.8. The van der Waals surface area contributed by atoms with Gasteiger partial charge in [0.05, 0.1) is 35.6 Å². The van der Waals surface area contributed by atoms with Crippen molar-refractivity contribution in [3.8, 4) is 0 Å². The Morgan fingerprint density at radius 2 is 1.74 bits per heavy atom. The molecule has 4 heterocycles. The number of fused-ring (bicyclic) bond motifs is 2. The van der Waals surface area contributed by atoms with Gasteiger partial charge < -0.3 is 24.5 Å². The molecule has 11 nitrogen and oxygen atoms in total. The number of hydrogen-bond acceptors (Lipinski definition) is 7. The Balaban J connectivity index is 1.48. The molecule has 1 N–H and O–H groups in total. The first-order valence-corrected chi connectivity index (χ1v) is 16.6. The summed E-state index contributed by atoms with van der Waals surface area (Å²) in [6.45, 7) is 12.5. The van der Waals surface area contributed by atoms with Crippen molar-refractivity contribution in [2.45, 2.75) is 69.5 Å². The van der Waals surface area contributed by atoms with Crippen LogP contribution in [0.1, 0.15) is 51.1 Å². The lowest BCUT2D eigenvalue weighted by atomic mass is 9.64. The highest BCUT2D eigenvalue weighted by Gasteiger charge is 2.79. The van der Waals surface area contributed by atoms with Crippen LogP contribution < -0.4 is 0 Å². The summed E-state index contributed by atoms with van der Waals surface area (Å²) in [4.78, 5) is 49.4. The first-order chi connectivity index (χ1) is 22.8. The van der Waals surface area contributed by atoms with E-state index in [0.29, 0.717) is 43.4 Å². The molecule has 0 saturated carbocycles. The molecule has 1 aromatic heterocycles. The summed E-state index contributed by atoms with van der Waals surface area (Å²) >= 11 is 0. The maximum atomic E-state index is 15.1. The highest BCUT2D eigenvalue weighted by molar-refractivity contribution is 5.99. The molecule has 1 spiro atoms. The van der Waals surface area contributed by atoms with E-state index in [4.69, 9.17) is 4.74 Å². The molecule has 248 valence electrons. The van der Waals surface area contributed by atoms with E-state index in [-0.39, 0.29) is 30.9 Å². The fourth-order valence-corrected chi connectivity index (χ4v) is 8.32. The van der Waals surface area contributed by atoms with E-state index >= 15 is 4.79 Å². The molecule has 3 aromatic rings. The second-order valence-electron chi connectivity index (χ2n) is 12.8.